The molecular weight excluding hydrogens is 222 g/mol. The number of nitrogens with two attached hydrogens (primary N) is 1. The van der Waals surface area contributed by atoms with Crippen molar-refractivity contribution < 1.29 is 4.79 Å². The Kier molecular flexibility index (Phi) is 2.12. The number of carbonyl (C=O) groups is 1. The maximum atomic E-state index is 11.9. The smallest absolute Gasteiger partial charge is 0.193 e. The summed E-state index contributed by atoms with van der Waals surface area (Å²) in [5.41, 5.74) is 6.25. The van der Waals surface area contributed by atoms with Crippen molar-refractivity contribution in [3.63, 3.8) is 0 Å². The number of imidazole rings is 1. The second-order valence-electron chi connectivity index (χ2n) is 4.43. The molecule has 1 aliphatic carbocycles. The summed E-state index contributed by atoms with van der Waals surface area (Å²) in [6.45, 7) is 0. The molecule has 1 fully saturated rings. The van der Waals surface area contributed by atoms with Crippen LogP contribution in [0.15, 0.2) is 17.8 Å². The van der Waals surface area contributed by atoms with E-state index in [9.17, 15) is 4.79 Å². The third-order valence-electron chi connectivity index (χ3n) is 3.29. The van der Waals surface area contributed by atoms with Gasteiger partial charge in [0, 0.05) is 17.8 Å². The van der Waals surface area contributed by atoms with Crippen LogP contribution in [-0.4, -0.2) is 20.7 Å². The first-order valence-electron chi connectivity index (χ1n) is 5.41. The molecule has 5 heteroatoms. The van der Waals surface area contributed by atoms with Crippen molar-refractivity contribution in [1.82, 2.24) is 9.38 Å². The van der Waals surface area contributed by atoms with E-state index in [0.717, 1.165) is 29.9 Å². The van der Waals surface area contributed by atoms with Gasteiger partial charge in [0.25, 0.3) is 0 Å². The number of nitrogens with zero attached hydrogens (tertiary/aromatic N) is 2. The Bertz CT molecular complexity index is 510. The summed E-state index contributed by atoms with van der Waals surface area (Å²) in [5, 5.41) is 1.98. The predicted octanol–water partition coefficient (Wildman–Crippen LogP) is 1.39. The molecule has 0 aromatic carbocycles. The van der Waals surface area contributed by atoms with E-state index >= 15 is 0 Å². The van der Waals surface area contributed by atoms with Gasteiger partial charge in [-0.3, -0.25) is 9.20 Å². The van der Waals surface area contributed by atoms with E-state index in [1.165, 1.54) is 0 Å². The zero-order valence-corrected chi connectivity index (χ0v) is 9.67. The molecule has 0 atom stereocenters. The molecule has 84 valence electrons. The molecule has 2 aromatic heterocycles. The Labute approximate surface area is 97.1 Å². The lowest BCUT2D eigenvalue weighted by Gasteiger charge is -2.36. The van der Waals surface area contributed by atoms with Crippen LogP contribution in [0.5, 0.6) is 0 Å². The second kappa shape index (κ2) is 3.40. The zero-order chi connectivity index (χ0) is 11.2. The molecule has 3 rings (SSSR count). The number of ketones is 1. The van der Waals surface area contributed by atoms with Crippen molar-refractivity contribution >= 4 is 22.1 Å². The molecule has 1 saturated carbocycles. The van der Waals surface area contributed by atoms with Gasteiger partial charge in [-0.25, -0.2) is 4.98 Å². The van der Waals surface area contributed by atoms with Crippen LogP contribution in [-0.2, 0) is 11.2 Å². The maximum absolute atomic E-state index is 11.9. The third-order valence-corrected chi connectivity index (χ3v) is 4.06. The molecule has 2 N–H and O–H groups in total. The van der Waals surface area contributed by atoms with Crippen molar-refractivity contribution in [2.75, 3.05) is 0 Å². The first kappa shape index (κ1) is 9.99. The summed E-state index contributed by atoms with van der Waals surface area (Å²) in [6, 6.07) is 0. The molecule has 2 aromatic rings. The monoisotopic (exact) mass is 235 g/mol. The number of fused-ring (bicyclic) bond motifs is 1. The Hall–Kier alpha value is -1.20. The molecule has 1 aliphatic rings. The number of rotatable bonds is 3. The summed E-state index contributed by atoms with van der Waals surface area (Å²) in [5.74, 6) is 0.129. The molecule has 2 heterocycles. The van der Waals surface area contributed by atoms with E-state index < -0.39 is 5.54 Å². The Morgan fingerprint density at radius 2 is 2.44 bits per heavy atom. The Morgan fingerprint density at radius 1 is 1.62 bits per heavy atom. The Morgan fingerprint density at radius 3 is 3.06 bits per heavy atom. The summed E-state index contributed by atoms with van der Waals surface area (Å²) < 4.78 is 1.94. The highest BCUT2D eigenvalue weighted by molar-refractivity contribution is 7.15. The van der Waals surface area contributed by atoms with Crippen LogP contribution in [0.1, 0.15) is 25.0 Å². The average molecular weight is 235 g/mol. The average Bonchev–Trinajstić information content (AvgIpc) is 2.73. The van der Waals surface area contributed by atoms with E-state index in [0.29, 0.717) is 6.42 Å². The van der Waals surface area contributed by atoms with Gasteiger partial charge in [-0.2, -0.15) is 0 Å². The minimum Gasteiger partial charge on any atom is -0.319 e. The number of Topliss-reactive ketones (excluding diaryl/α,β-unsaturated/α-hetero) is 1. The van der Waals surface area contributed by atoms with Gasteiger partial charge in [0.2, 0.25) is 0 Å². The fraction of sp³-hybridized carbons (Fsp3) is 0.455. The van der Waals surface area contributed by atoms with Gasteiger partial charge in [0.15, 0.2) is 10.7 Å². The first-order valence-corrected chi connectivity index (χ1v) is 6.29. The summed E-state index contributed by atoms with van der Waals surface area (Å²) >= 11 is 1.57. The van der Waals surface area contributed by atoms with Crippen molar-refractivity contribution in [1.29, 1.82) is 0 Å². The topological polar surface area (TPSA) is 60.4 Å². The lowest BCUT2D eigenvalue weighted by Crippen LogP contribution is -2.54. The minimum absolute atomic E-state index is 0.129. The van der Waals surface area contributed by atoms with E-state index in [1.807, 2.05) is 22.2 Å². The van der Waals surface area contributed by atoms with Crippen LogP contribution in [0.25, 0.3) is 4.96 Å². The van der Waals surface area contributed by atoms with E-state index in [1.54, 1.807) is 11.3 Å². The third kappa shape index (κ3) is 1.47. The number of thiazole rings is 1. The van der Waals surface area contributed by atoms with Crippen LogP contribution in [0.4, 0.5) is 0 Å². The highest BCUT2D eigenvalue weighted by Crippen LogP contribution is 2.30. The molecule has 4 nitrogen and oxygen atoms in total. The highest BCUT2D eigenvalue weighted by atomic mass is 32.1. The fourth-order valence-corrected chi connectivity index (χ4v) is 2.76. The van der Waals surface area contributed by atoms with Crippen LogP contribution < -0.4 is 5.73 Å². The zero-order valence-electron chi connectivity index (χ0n) is 8.85. The molecule has 0 spiro atoms. The lowest BCUT2D eigenvalue weighted by molar-refractivity contribution is -0.126. The molecule has 0 radical (unpaired) electrons. The molecular formula is C11H13N3OS. The standard InChI is InChI=1S/C11H13N3OS/c12-11(2-1-3-11)9(15)6-8-7-14-4-5-16-10(14)13-8/h4-5,7H,1-3,6,12H2. The van der Waals surface area contributed by atoms with Crippen molar-refractivity contribution in [2.24, 2.45) is 5.73 Å². The maximum Gasteiger partial charge on any atom is 0.193 e. The summed E-state index contributed by atoms with van der Waals surface area (Å²) in [6.07, 6.45) is 6.95. The van der Waals surface area contributed by atoms with Crippen LogP contribution in [0, 0.1) is 0 Å². The van der Waals surface area contributed by atoms with E-state index in [-0.39, 0.29) is 5.78 Å². The van der Waals surface area contributed by atoms with Crippen molar-refractivity contribution in [3.05, 3.63) is 23.5 Å². The molecule has 0 saturated heterocycles. The second-order valence-corrected chi connectivity index (χ2v) is 5.31. The van der Waals surface area contributed by atoms with Gasteiger partial charge in [0.1, 0.15) is 0 Å². The number of hydrogen-bond acceptors (Lipinski definition) is 4. The quantitative estimate of drug-likeness (QED) is 0.874. The summed E-state index contributed by atoms with van der Waals surface area (Å²) in [4.78, 5) is 17.3. The molecule has 0 amide bonds. The molecule has 0 bridgehead atoms. The summed E-state index contributed by atoms with van der Waals surface area (Å²) in [7, 11) is 0. The molecule has 16 heavy (non-hydrogen) atoms. The molecule has 0 aliphatic heterocycles. The van der Waals surface area contributed by atoms with Crippen molar-refractivity contribution in [3.8, 4) is 0 Å². The normalized spacial score (nSPS) is 18.6. The van der Waals surface area contributed by atoms with Crippen LogP contribution in [0.2, 0.25) is 0 Å². The Balaban J connectivity index is 1.79. The largest absolute Gasteiger partial charge is 0.319 e. The lowest BCUT2D eigenvalue weighted by atomic mass is 9.73. The number of aromatic nitrogens is 2. The fourth-order valence-electron chi connectivity index (χ4n) is 2.04. The van der Waals surface area contributed by atoms with Crippen molar-refractivity contribution in [2.45, 2.75) is 31.2 Å². The van der Waals surface area contributed by atoms with Gasteiger partial charge in [-0.05, 0) is 19.3 Å². The van der Waals surface area contributed by atoms with E-state index in [2.05, 4.69) is 4.98 Å². The van der Waals surface area contributed by atoms with Crippen LogP contribution in [0.3, 0.4) is 0 Å². The predicted molar refractivity (Wildman–Crippen MR) is 62.5 cm³/mol. The van der Waals surface area contributed by atoms with Gasteiger partial charge in [-0.1, -0.05) is 0 Å². The molecule has 0 unspecified atom stereocenters. The number of hydrogen-bond donors (Lipinski definition) is 1. The minimum atomic E-state index is -0.558. The van der Waals surface area contributed by atoms with Gasteiger partial charge < -0.3 is 5.73 Å². The van der Waals surface area contributed by atoms with Gasteiger partial charge >= 0.3 is 0 Å². The van der Waals surface area contributed by atoms with Gasteiger partial charge in [-0.15, -0.1) is 11.3 Å². The van der Waals surface area contributed by atoms with Gasteiger partial charge in [0.05, 0.1) is 17.7 Å². The first-order chi connectivity index (χ1) is 7.67. The number of carbonyl (C=O) groups excluding carboxylic acids is 1. The van der Waals surface area contributed by atoms with Crippen LogP contribution >= 0.6 is 11.3 Å². The SMILES string of the molecule is NC1(C(=O)Cc2cn3ccsc3n2)CCC1. The highest BCUT2D eigenvalue weighted by Gasteiger charge is 2.39. The van der Waals surface area contributed by atoms with E-state index in [4.69, 9.17) is 5.73 Å².